The molecule has 0 radical (unpaired) electrons. The van der Waals surface area contributed by atoms with Gasteiger partial charge < -0.3 is 29.2 Å². The van der Waals surface area contributed by atoms with Crippen LogP contribution in [0.25, 0.3) is 0 Å². The Kier molecular flexibility index (Phi) is 8.41. The fourth-order valence-electron chi connectivity index (χ4n) is 4.03. The van der Waals surface area contributed by atoms with Crippen molar-refractivity contribution in [3.8, 4) is 23.0 Å². The van der Waals surface area contributed by atoms with Gasteiger partial charge in [0.25, 0.3) is 5.91 Å². The van der Waals surface area contributed by atoms with E-state index in [1.165, 1.54) is 4.90 Å². The van der Waals surface area contributed by atoms with E-state index in [1.54, 1.807) is 14.2 Å². The van der Waals surface area contributed by atoms with Crippen molar-refractivity contribution in [3.05, 3.63) is 48.0 Å². The molecule has 1 unspecified atom stereocenters. The quantitative estimate of drug-likeness (QED) is 0.535. The number of carbonyl (C=O) groups excluding carboxylic acids is 1. The molecule has 1 heterocycles. The zero-order valence-corrected chi connectivity index (χ0v) is 18.6. The number of carbonyl (C=O) groups is 1. The summed E-state index contributed by atoms with van der Waals surface area (Å²) in [6, 6.07) is 13.6. The Balaban J connectivity index is 1.46. The van der Waals surface area contributed by atoms with Gasteiger partial charge in [0.1, 0.15) is 35.6 Å². The zero-order valence-electron chi connectivity index (χ0n) is 18.6. The zero-order chi connectivity index (χ0) is 22.1. The molecular weight excluding hydrogens is 396 g/mol. The van der Waals surface area contributed by atoms with Gasteiger partial charge in [-0.3, -0.25) is 4.79 Å². The maximum Gasteiger partial charge on any atom is 0.275 e. The molecule has 1 amide bonds. The van der Waals surface area contributed by atoms with Crippen LogP contribution in [-0.2, 0) is 4.79 Å². The van der Waals surface area contributed by atoms with Crippen LogP contribution in [0.3, 0.4) is 0 Å². The summed E-state index contributed by atoms with van der Waals surface area (Å²) < 4.78 is 22.0. The highest BCUT2D eigenvalue weighted by Crippen LogP contribution is 2.31. The van der Waals surface area contributed by atoms with Gasteiger partial charge in [-0.25, -0.2) is 0 Å². The van der Waals surface area contributed by atoms with Crippen LogP contribution in [0.5, 0.6) is 23.0 Å². The van der Waals surface area contributed by atoms with Gasteiger partial charge in [-0.15, -0.1) is 0 Å². The van der Waals surface area contributed by atoms with E-state index in [-0.39, 0.29) is 11.9 Å². The van der Waals surface area contributed by atoms with E-state index in [0.717, 1.165) is 47.9 Å². The molecule has 1 aliphatic rings. The predicted molar refractivity (Wildman–Crippen MR) is 118 cm³/mol. The Hall–Kier alpha value is -2.93. The van der Waals surface area contributed by atoms with Crippen molar-refractivity contribution in [1.29, 1.82) is 0 Å². The maximum atomic E-state index is 12.5. The van der Waals surface area contributed by atoms with Gasteiger partial charge in [-0.1, -0.05) is 0 Å². The third kappa shape index (κ3) is 6.28. The van der Waals surface area contributed by atoms with Gasteiger partial charge in [0.2, 0.25) is 0 Å². The summed E-state index contributed by atoms with van der Waals surface area (Å²) in [6.45, 7) is 4.88. The smallest absolute Gasteiger partial charge is 0.275 e. The number of likely N-dealkylation sites (tertiary alicyclic amines) is 1. The van der Waals surface area contributed by atoms with Crippen molar-refractivity contribution in [2.24, 2.45) is 0 Å². The molecule has 168 valence electrons. The summed E-state index contributed by atoms with van der Waals surface area (Å²) in [5.41, 5.74) is 1.13. The number of nitrogens with one attached hydrogen (secondary N) is 2. The summed E-state index contributed by atoms with van der Waals surface area (Å²) in [6.07, 6.45) is 2.12. The molecule has 7 heteroatoms. The van der Waals surface area contributed by atoms with Gasteiger partial charge in [0, 0.05) is 18.9 Å². The number of rotatable bonds is 11. The molecule has 0 saturated carbocycles. The lowest BCUT2D eigenvalue weighted by atomic mass is 10.0. The van der Waals surface area contributed by atoms with E-state index in [0.29, 0.717) is 26.3 Å². The van der Waals surface area contributed by atoms with E-state index in [9.17, 15) is 4.79 Å². The fraction of sp³-hybridized carbons (Fsp3) is 0.458. The van der Waals surface area contributed by atoms with Gasteiger partial charge >= 0.3 is 0 Å². The van der Waals surface area contributed by atoms with E-state index in [2.05, 4.69) is 11.4 Å². The molecule has 0 aromatic heterocycles. The summed E-state index contributed by atoms with van der Waals surface area (Å²) >= 11 is 0. The van der Waals surface area contributed by atoms with Crippen LogP contribution in [0, 0.1) is 0 Å². The molecule has 3 rings (SSSR count). The first-order valence-corrected chi connectivity index (χ1v) is 10.8. The molecule has 2 atom stereocenters. The molecule has 0 spiro atoms. The maximum absolute atomic E-state index is 12.5. The number of hydrogen-bond acceptors (Lipinski definition) is 5. The van der Waals surface area contributed by atoms with Crippen molar-refractivity contribution in [1.82, 2.24) is 5.32 Å². The normalized spacial score (nSPS) is 17.8. The molecule has 1 aliphatic heterocycles. The number of quaternary nitrogens is 1. The molecule has 31 heavy (non-hydrogen) atoms. The van der Waals surface area contributed by atoms with Crippen LogP contribution in [0.2, 0.25) is 0 Å². The molecule has 0 bridgehead atoms. The first kappa shape index (κ1) is 22.7. The minimum atomic E-state index is 0.0321. The van der Waals surface area contributed by atoms with Crippen molar-refractivity contribution in [2.75, 3.05) is 47.1 Å². The first-order chi connectivity index (χ1) is 15.1. The Morgan fingerprint density at radius 3 is 2.42 bits per heavy atom. The summed E-state index contributed by atoms with van der Waals surface area (Å²) in [4.78, 5) is 13.8. The number of amides is 1. The Morgan fingerprint density at radius 2 is 1.74 bits per heavy atom. The molecule has 2 aromatic rings. The molecule has 0 aliphatic carbocycles. The van der Waals surface area contributed by atoms with Crippen LogP contribution in [0.4, 0.5) is 0 Å². The Labute approximate surface area is 184 Å². The van der Waals surface area contributed by atoms with Crippen LogP contribution in [0.1, 0.15) is 31.4 Å². The number of methoxy groups -OCH3 is 2. The molecule has 1 saturated heterocycles. The van der Waals surface area contributed by atoms with Crippen LogP contribution in [-0.4, -0.2) is 53.0 Å². The van der Waals surface area contributed by atoms with Crippen molar-refractivity contribution >= 4 is 5.91 Å². The van der Waals surface area contributed by atoms with Gasteiger partial charge in [-0.2, -0.15) is 0 Å². The Morgan fingerprint density at radius 1 is 1.03 bits per heavy atom. The highest BCUT2D eigenvalue weighted by Gasteiger charge is 2.33. The van der Waals surface area contributed by atoms with Crippen molar-refractivity contribution in [3.63, 3.8) is 0 Å². The molecular formula is C24H33N2O5+. The number of hydrogen-bond donors (Lipinski definition) is 2. The first-order valence-electron chi connectivity index (χ1n) is 10.8. The molecule has 2 aromatic carbocycles. The molecule has 1 fully saturated rings. The minimum absolute atomic E-state index is 0.0321. The highest BCUT2D eigenvalue weighted by molar-refractivity contribution is 5.76. The second kappa shape index (κ2) is 11.5. The number of ether oxygens (including phenoxy) is 4. The fourth-order valence-corrected chi connectivity index (χ4v) is 4.03. The summed E-state index contributed by atoms with van der Waals surface area (Å²) in [5, 5.41) is 2.97. The Bertz CT molecular complexity index is 840. The van der Waals surface area contributed by atoms with E-state index in [4.69, 9.17) is 18.9 Å². The van der Waals surface area contributed by atoms with Gasteiger partial charge in [0.15, 0.2) is 6.54 Å². The third-order valence-corrected chi connectivity index (χ3v) is 5.51. The number of benzene rings is 2. The minimum Gasteiger partial charge on any atom is -0.497 e. The lowest BCUT2D eigenvalue weighted by molar-refractivity contribution is -0.910. The van der Waals surface area contributed by atoms with Crippen molar-refractivity contribution < 1.29 is 28.6 Å². The monoisotopic (exact) mass is 429 g/mol. The second-order valence-electron chi connectivity index (χ2n) is 7.49. The van der Waals surface area contributed by atoms with Crippen LogP contribution in [0.15, 0.2) is 42.5 Å². The third-order valence-electron chi connectivity index (χ3n) is 5.51. The SMILES string of the molecule is CCOc1ccc(OCCNC(=O)C[NH+]2CCC[C@H]2c2ccc(OC)cc2OC)cc1. The molecule has 7 nitrogen and oxygen atoms in total. The predicted octanol–water partition coefficient (Wildman–Crippen LogP) is 2.02. The van der Waals surface area contributed by atoms with Gasteiger partial charge in [0.05, 0.1) is 39.5 Å². The average Bonchev–Trinajstić information content (AvgIpc) is 3.25. The van der Waals surface area contributed by atoms with Crippen molar-refractivity contribution in [2.45, 2.75) is 25.8 Å². The lowest BCUT2D eigenvalue weighted by Crippen LogP contribution is -3.11. The molecule has 2 N–H and O–H groups in total. The van der Waals surface area contributed by atoms with E-state index in [1.807, 2.05) is 43.3 Å². The van der Waals surface area contributed by atoms with E-state index >= 15 is 0 Å². The summed E-state index contributed by atoms with van der Waals surface area (Å²) in [7, 11) is 3.31. The van der Waals surface area contributed by atoms with E-state index < -0.39 is 0 Å². The van der Waals surface area contributed by atoms with Gasteiger partial charge in [-0.05, 0) is 43.3 Å². The lowest BCUT2D eigenvalue weighted by Gasteiger charge is -2.23. The largest absolute Gasteiger partial charge is 0.497 e. The highest BCUT2D eigenvalue weighted by atomic mass is 16.5. The van der Waals surface area contributed by atoms with Crippen LogP contribution < -0.4 is 29.2 Å². The van der Waals surface area contributed by atoms with Crippen LogP contribution >= 0.6 is 0 Å². The summed E-state index contributed by atoms with van der Waals surface area (Å²) in [5.74, 6) is 3.19. The average molecular weight is 430 g/mol. The topological polar surface area (TPSA) is 70.5 Å². The standard InChI is InChI=1S/C24H32N2O5/c1-4-30-18-7-9-19(10-8-18)31-15-13-25-24(27)17-26-14-5-6-22(26)21-12-11-20(28-2)16-23(21)29-3/h7-12,16,22H,4-6,13-15,17H2,1-3H3,(H,25,27)/p+1/t22-/m0/s1. The second-order valence-corrected chi connectivity index (χ2v) is 7.49.